The van der Waals surface area contributed by atoms with Gasteiger partial charge in [-0.2, -0.15) is 5.10 Å². The lowest BCUT2D eigenvalue weighted by Gasteiger charge is -2.03. The summed E-state index contributed by atoms with van der Waals surface area (Å²) in [4.78, 5) is 22.7. The second kappa shape index (κ2) is 9.93. The van der Waals surface area contributed by atoms with E-state index in [-0.39, 0.29) is 12.3 Å². The minimum Gasteiger partial charge on any atom is -0.490 e. The monoisotopic (exact) mass is 301 g/mol. The van der Waals surface area contributed by atoms with Gasteiger partial charge in [-0.3, -0.25) is 9.59 Å². The molecule has 0 spiro atoms. The summed E-state index contributed by atoms with van der Waals surface area (Å²) < 4.78 is 5.35. The Morgan fingerprint density at radius 3 is 2.50 bits per heavy atom. The van der Waals surface area contributed by atoms with E-state index in [1.807, 2.05) is 0 Å². The number of nitrogens with one attached hydrogen (secondary N) is 2. The van der Waals surface area contributed by atoms with Crippen LogP contribution in [0.15, 0.2) is 54.7 Å². The Morgan fingerprint density at radius 1 is 1.14 bits per heavy atom. The van der Waals surface area contributed by atoms with Crippen molar-refractivity contribution in [2.45, 2.75) is 6.42 Å². The summed E-state index contributed by atoms with van der Waals surface area (Å²) in [5.74, 6) is -0.139. The molecule has 1 aromatic rings. The zero-order chi connectivity index (χ0) is 16.2. The lowest BCUT2D eigenvalue weighted by Crippen LogP contribution is -2.29. The van der Waals surface area contributed by atoms with Gasteiger partial charge in [0.1, 0.15) is 18.8 Å². The summed E-state index contributed by atoms with van der Waals surface area (Å²) in [6.07, 6.45) is 4.41. The number of carbonyl (C=O) groups is 2. The summed E-state index contributed by atoms with van der Waals surface area (Å²) >= 11 is 0. The first kappa shape index (κ1) is 17.2. The molecule has 0 fully saturated rings. The molecule has 0 aromatic heterocycles. The van der Waals surface area contributed by atoms with E-state index in [0.717, 1.165) is 11.3 Å². The van der Waals surface area contributed by atoms with E-state index < -0.39 is 5.91 Å². The van der Waals surface area contributed by atoms with Crippen LogP contribution in [0.2, 0.25) is 0 Å². The maximum Gasteiger partial charge on any atom is 0.249 e. The fourth-order valence-corrected chi connectivity index (χ4v) is 1.42. The topological polar surface area (TPSA) is 79.8 Å². The Hall–Kier alpha value is -2.89. The molecular formula is C16H19N3O3. The maximum absolute atomic E-state index is 11.4. The first-order valence-corrected chi connectivity index (χ1v) is 6.69. The molecule has 116 valence electrons. The van der Waals surface area contributed by atoms with Crippen molar-refractivity contribution >= 4 is 18.0 Å². The Balaban J connectivity index is 2.38. The third-order valence-electron chi connectivity index (χ3n) is 2.42. The predicted octanol–water partition coefficient (Wildman–Crippen LogP) is 1.39. The van der Waals surface area contributed by atoms with E-state index in [0.29, 0.717) is 13.2 Å². The van der Waals surface area contributed by atoms with Crippen LogP contribution in [0.1, 0.15) is 12.0 Å². The van der Waals surface area contributed by atoms with Crippen molar-refractivity contribution < 1.29 is 14.3 Å². The average molecular weight is 301 g/mol. The molecule has 0 saturated heterocycles. The van der Waals surface area contributed by atoms with E-state index in [1.54, 1.807) is 30.3 Å². The molecule has 6 nitrogen and oxygen atoms in total. The van der Waals surface area contributed by atoms with E-state index in [1.165, 1.54) is 12.3 Å². The molecule has 1 aromatic carbocycles. The van der Waals surface area contributed by atoms with Gasteiger partial charge in [-0.1, -0.05) is 18.7 Å². The zero-order valence-electron chi connectivity index (χ0n) is 12.2. The molecule has 2 N–H and O–H groups in total. The lowest BCUT2D eigenvalue weighted by molar-refractivity contribution is -0.129. The standard InChI is InChI=1S/C16H19N3O3/c1-3-9-17-15(20)11-16(21)19-18-12-13-5-7-14(8-6-13)22-10-4-2/h3-8,12H,1-2,9-11H2,(H,17,20)(H,19,21)/b18-12-. The van der Waals surface area contributed by atoms with Crippen molar-refractivity contribution in [1.82, 2.24) is 10.7 Å². The first-order valence-electron chi connectivity index (χ1n) is 6.69. The highest BCUT2D eigenvalue weighted by Gasteiger charge is 2.06. The molecule has 0 heterocycles. The molecule has 0 radical (unpaired) electrons. The zero-order valence-corrected chi connectivity index (χ0v) is 12.2. The number of rotatable bonds is 9. The molecule has 0 aliphatic heterocycles. The Kier molecular flexibility index (Phi) is 7.74. The smallest absolute Gasteiger partial charge is 0.249 e. The molecule has 22 heavy (non-hydrogen) atoms. The Morgan fingerprint density at radius 2 is 1.86 bits per heavy atom. The van der Waals surface area contributed by atoms with Crippen LogP contribution >= 0.6 is 0 Å². The second-order valence-electron chi connectivity index (χ2n) is 4.23. The van der Waals surface area contributed by atoms with Crippen molar-refractivity contribution in [1.29, 1.82) is 0 Å². The lowest BCUT2D eigenvalue weighted by atomic mass is 10.2. The van der Waals surface area contributed by atoms with E-state index in [9.17, 15) is 9.59 Å². The van der Waals surface area contributed by atoms with Gasteiger partial charge in [0.15, 0.2) is 0 Å². The number of hydrazone groups is 1. The highest BCUT2D eigenvalue weighted by molar-refractivity contribution is 5.97. The number of benzene rings is 1. The summed E-state index contributed by atoms with van der Waals surface area (Å²) in [5, 5.41) is 6.29. The molecule has 0 aliphatic rings. The highest BCUT2D eigenvalue weighted by atomic mass is 16.5. The fraction of sp³-hybridized carbons (Fsp3) is 0.188. The van der Waals surface area contributed by atoms with Gasteiger partial charge < -0.3 is 10.1 Å². The maximum atomic E-state index is 11.4. The third-order valence-corrected chi connectivity index (χ3v) is 2.42. The van der Waals surface area contributed by atoms with Gasteiger partial charge in [0.25, 0.3) is 0 Å². The van der Waals surface area contributed by atoms with Crippen LogP contribution < -0.4 is 15.5 Å². The normalized spacial score (nSPS) is 10.0. The summed E-state index contributed by atoms with van der Waals surface area (Å²) in [7, 11) is 0. The fourth-order valence-electron chi connectivity index (χ4n) is 1.42. The molecule has 2 amide bonds. The van der Waals surface area contributed by atoms with Crippen LogP contribution in [0.25, 0.3) is 0 Å². The first-order chi connectivity index (χ1) is 10.7. The largest absolute Gasteiger partial charge is 0.490 e. The molecule has 0 aliphatic carbocycles. The highest BCUT2D eigenvalue weighted by Crippen LogP contribution is 2.10. The van der Waals surface area contributed by atoms with Crippen LogP contribution in [-0.4, -0.2) is 31.2 Å². The molecule has 0 bridgehead atoms. The summed E-state index contributed by atoms with van der Waals surface area (Å²) in [6.45, 7) is 7.80. The molecule has 1 rings (SSSR count). The van der Waals surface area contributed by atoms with E-state index in [2.05, 4.69) is 29.0 Å². The number of ether oxygens (including phenoxy) is 1. The second-order valence-corrected chi connectivity index (χ2v) is 4.23. The van der Waals surface area contributed by atoms with E-state index in [4.69, 9.17) is 4.74 Å². The van der Waals surface area contributed by atoms with Gasteiger partial charge in [-0.15, -0.1) is 6.58 Å². The third kappa shape index (κ3) is 7.04. The molecule has 0 unspecified atom stereocenters. The number of carbonyl (C=O) groups excluding carboxylic acids is 2. The van der Waals surface area contributed by atoms with Crippen LogP contribution in [0, 0.1) is 0 Å². The van der Waals surface area contributed by atoms with E-state index >= 15 is 0 Å². The van der Waals surface area contributed by atoms with Crippen molar-refractivity contribution in [3.05, 3.63) is 55.1 Å². The average Bonchev–Trinajstić information content (AvgIpc) is 2.52. The molecule has 0 atom stereocenters. The van der Waals surface area contributed by atoms with Gasteiger partial charge in [0.05, 0.1) is 6.21 Å². The van der Waals surface area contributed by atoms with Crippen molar-refractivity contribution in [3.8, 4) is 5.75 Å². The number of amides is 2. The van der Waals surface area contributed by atoms with Crippen molar-refractivity contribution in [3.63, 3.8) is 0 Å². The minimum atomic E-state index is -0.483. The molecular weight excluding hydrogens is 282 g/mol. The SMILES string of the molecule is C=CCNC(=O)CC(=O)N/N=C\c1ccc(OCC=C)cc1. The van der Waals surface area contributed by atoms with Gasteiger partial charge in [-0.05, 0) is 29.8 Å². The summed E-state index contributed by atoms with van der Waals surface area (Å²) in [5.41, 5.74) is 3.08. The van der Waals surface area contributed by atoms with Crippen molar-refractivity contribution in [2.75, 3.05) is 13.2 Å². The quantitative estimate of drug-likeness (QED) is 0.313. The Bertz CT molecular complexity index is 550. The number of hydrogen-bond acceptors (Lipinski definition) is 4. The minimum absolute atomic E-state index is 0.278. The van der Waals surface area contributed by atoms with Gasteiger partial charge in [0.2, 0.25) is 11.8 Å². The van der Waals surface area contributed by atoms with Crippen LogP contribution in [0.5, 0.6) is 5.75 Å². The Labute approximate surface area is 129 Å². The van der Waals surface area contributed by atoms with Gasteiger partial charge >= 0.3 is 0 Å². The summed E-state index contributed by atoms with van der Waals surface area (Å²) in [6, 6.07) is 7.17. The number of nitrogens with zero attached hydrogens (tertiary/aromatic N) is 1. The van der Waals surface area contributed by atoms with Gasteiger partial charge in [-0.25, -0.2) is 5.43 Å². The predicted molar refractivity (Wildman–Crippen MR) is 85.7 cm³/mol. The number of hydrogen-bond donors (Lipinski definition) is 2. The van der Waals surface area contributed by atoms with Crippen LogP contribution in [0.4, 0.5) is 0 Å². The van der Waals surface area contributed by atoms with Crippen molar-refractivity contribution in [2.24, 2.45) is 5.10 Å². The molecule has 0 saturated carbocycles. The van der Waals surface area contributed by atoms with Gasteiger partial charge in [0, 0.05) is 6.54 Å². The van der Waals surface area contributed by atoms with Crippen LogP contribution in [-0.2, 0) is 9.59 Å². The molecule has 6 heteroatoms. The van der Waals surface area contributed by atoms with Crippen LogP contribution in [0.3, 0.4) is 0 Å².